The summed E-state index contributed by atoms with van der Waals surface area (Å²) >= 11 is 1.56. The molecule has 0 unspecified atom stereocenters. The second kappa shape index (κ2) is 6.39. The lowest BCUT2D eigenvalue weighted by Gasteiger charge is -2.34. The number of anilines is 1. The van der Waals surface area contributed by atoms with Crippen molar-refractivity contribution in [1.82, 2.24) is 19.9 Å². The lowest BCUT2D eigenvalue weighted by Crippen LogP contribution is -2.49. The van der Waals surface area contributed by atoms with Crippen LogP contribution in [0.2, 0.25) is 0 Å². The SMILES string of the molecule is CC(C)c1nc(C(=O)N2CCN(c3ncccn3)CC2)cs1. The third-order valence-electron chi connectivity index (χ3n) is 3.64. The summed E-state index contributed by atoms with van der Waals surface area (Å²) in [5.74, 6) is 1.11. The van der Waals surface area contributed by atoms with E-state index in [1.54, 1.807) is 29.8 Å². The molecule has 3 heterocycles. The molecule has 6 nitrogen and oxygen atoms in total. The number of thiazole rings is 1. The molecule has 1 amide bonds. The second-order valence-corrected chi connectivity index (χ2v) is 6.44. The Kier molecular flexibility index (Phi) is 4.33. The van der Waals surface area contributed by atoms with Crippen LogP contribution in [0.15, 0.2) is 23.8 Å². The summed E-state index contributed by atoms with van der Waals surface area (Å²) in [7, 11) is 0. The number of amides is 1. The van der Waals surface area contributed by atoms with Crippen molar-refractivity contribution < 1.29 is 4.79 Å². The normalized spacial score (nSPS) is 15.4. The molecule has 116 valence electrons. The van der Waals surface area contributed by atoms with Crippen molar-refractivity contribution in [3.05, 3.63) is 34.5 Å². The van der Waals surface area contributed by atoms with Gasteiger partial charge in [0.05, 0.1) is 5.01 Å². The minimum Gasteiger partial charge on any atom is -0.337 e. The summed E-state index contributed by atoms with van der Waals surface area (Å²) in [5, 5.41) is 2.88. The van der Waals surface area contributed by atoms with Gasteiger partial charge in [0.2, 0.25) is 5.95 Å². The smallest absolute Gasteiger partial charge is 0.273 e. The van der Waals surface area contributed by atoms with Crippen LogP contribution in [-0.2, 0) is 0 Å². The predicted octanol–water partition coefficient (Wildman–Crippen LogP) is 2.02. The Hall–Kier alpha value is -2.02. The Balaban J connectivity index is 1.62. The van der Waals surface area contributed by atoms with Crippen LogP contribution in [0.1, 0.15) is 35.3 Å². The van der Waals surface area contributed by atoms with Crippen molar-refractivity contribution in [2.75, 3.05) is 31.1 Å². The van der Waals surface area contributed by atoms with Crippen LogP contribution in [0.3, 0.4) is 0 Å². The lowest BCUT2D eigenvalue weighted by atomic mass is 10.2. The standard InChI is InChI=1S/C15H19N5OS/c1-11(2)13-18-12(10-22-13)14(21)19-6-8-20(9-7-19)15-16-4-3-5-17-15/h3-5,10-11H,6-9H2,1-2H3. The molecule has 2 aromatic rings. The van der Waals surface area contributed by atoms with Gasteiger partial charge in [0.1, 0.15) is 5.69 Å². The summed E-state index contributed by atoms with van der Waals surface area (Å²) in [6.07, 6.45) is 3.48. The highest BCUT2D eigenvalue weighted by molar-refractivity contribution is 7.09. The van der Waals surface area contributed by atoms with Gasteiger partial charge in [-0.1, -0.05) is 13.8 Å². The molecule has 3 rings (SSSR count). The van der Waals surface area contributed by atoms with Crippen LogP contribution in [-0.4, -0.2) is 51.9 Å². The van der Waals surface area contributed by atoms with Crippen molar-refractivity contribution in [2.45, 2.75) is 19.8 Å². The Morgan fingerprint density at radius 3 is 2.45 bits per heavy atom. The predicted molar refractivity (Wildman–Crippen MR) is 86.4 cm³/mol. The van der Waals surface area contributed by atoms with Gasteiger partial charge in [-0.3, -0.25) is 4.79 Å². The molecule has 0 saturated carbocycles. The molecule has 0 aromatic carbocycles. The van der Waals surface area contributed by atoms with Crippen LogP contribution in [0.4, 0.5) is 5.95 Å². The van der Waals surface area contributed by atoms with E-state index in [0.29, 0.717) is 24.7 Å². The summed E-state index contributed by atoms with van der Waals surface area (Å²) in [4.78, 5) is 29.4. The molecule has 0 aliphatic carbocycles. The van der Waals surface area contributed by atoms with Gasteiger partial charge in [0.25, 0.3) is 5.91 Å². The lowest BCUT2D eigenvalue weighted by molar-refractivity contribution is 0.0741. The monoisotopic (exact) mass is 317 g/mol. The van der Waals surface area contributed by atoms with Gasteiger partial charge in [-0.2, -0.15) is 0 Å². The van der Waals surface area contributed by atoms with Crippen LogP contribution in [0, 0.1) is 0 Å². The van der Waals surface area contributed by atoms with E-state index in [1.165, 1.54) is 0 Å². The summed E-state index contributed by atoms with van der Waals surface area (Å²) in [5.41, 5.74) is 0.568. The van der Waals surface area contributed by atoms with E-state index in [1.807, 2.05) is 10.3 Å². The first kappa shape index (κ1) is 14.9. The van der Waals surface area contributed by atoms with Crippen LogP contribution in [0.25, 0.3) is 0 Å². The number of hydrogen-bond acceptors (Lipinski definition) is 6. The van der Waals surface area contributed by atoms with E-state index < -0.39 is 0 Å². The highest BCUT2D eigenvalue weighted by atomic mass is 32.1. The second-order valence-electron chi connectivity index (χ2n) is 5.55. The molecular weight excluding hydrogens is 298 g/mol. The van der Waals surface area contributed by atoms with Gasteiger partial charge < -0.3 is 9.80 Å². The van der Waals surface area contributed by atoms with E-state index in [4.69, 9.17) is 0 Å². The molecule has 22 heavy (non-hydrogen) atoms. The van der Waals surface area contributed by atoms with Crippen molar-refractivity contribution in [3.63, 3.8) is 0 Å². The zero-order valence-electron chi connectivity index (χ0n) is 12.8. The Labute approximate surface area is 133 Å². The summed E-state index contributed by atoms with van der Waals surface area (Å²) in [6, 6.07) is 1.80. The van der Waals surface area contributed by atoms with Gasteiger partial charge in [-0.25, -0.2) is 15.0 Å². The largest absolute Gasteiger partial charge is 0.337 e. The molecule has 1 aliphatic rings. The third-order valence-corrected chi connectivity index (χ3v) is 4.78. The number of nitrogens with zero attached hydrogens (tertiary/aromatic N) is 5. The van der Waals surface area contributed by atoms with Gasteiger partial charge in [-0.05, 0) is 6.07 Å². The molecule has 0 N–H and O–H groups in total. The molecule has 1 aliphatic heterocycles. The Bertz CT molecular complexity index is 634. The highest BCUT2D eigenvalue weighted by Crippen LogP contribution is 2.20. The van der Waals surface area contributed by atoms with E-state index in [-0.39, 0.29) is 5.91 Å². The number of carbonyl (C=O) groups is 1. The molecule has 1 saturated heterocycles. The third kappa shape index (κ3) is 3.09. The fourth-order valence-corrected chi connectivity index (χ4v) is 3.19. The number of aromatic nitrogens is 3. The Morgan fingerprint density at radius 1 is 1.18 bits per heavy atom. The van der Waals surface area contributed by atoms with Crippen molar-refractivity contribution in [2.24, 2.45) is 0 Å². The number of rotatable bonds is 3. The molecule has 7 heteroatoms. The van der Waals surface area contributed by atoms with Gasteiger partial charge >= 0.3 is 0 Å². The molecule has 0 radical (unpaired) electrons. The van der Waals surface area contributed by atoms with E-state index >= 15 is 0 Å². The quantitative estimate of drug-likeness (QED) is 0.866. The molecule has 0 atom stereocenters. The van der Waals surface area contributed by atoms with Gasteiger partial charge in [0.15, 0.2) is 0 Å². The van der Waals surface area contributed by atoms with Gasteiger partial charge in [-0.15, -0.1) is 11.3 Å². The van der Waals surface area contributed by atoms with Crippen molar-refractivity contribution in [3.8, 4) is 0 Å². The van der Waals surface area contributed by atoms with Crippen LogP contribution >= 0.6 is 11.3 Å². The fraction of sp³-hybridized carbons (Fsp3) is 0.467. The molecular formula is C15H19N5OS. The first-order chi connectivity index (χ1) is 10.6. The molecule has 1 fully saturated rings. The molecule has 0 spiro atoms. The average Bonchev–Trinajstić information content (AvgIpc) is 3.05. The van der Waals surface area contributed by atoms with E-state index in [0.717, 1.165) is 24.0 Å². The zero-order valence-corrected chi connectivity index (χ0v) is 13.6. The number of piperazine rings is 1. The maximum Gasteiger partial charge on any atom is 0.273 e. The van der Waals surface area contributed by atoms with E-state index in [2.05, 4.69) is 33.7 Å². The minimum atomic E-state index is 0.0248. The highest BCUT2D eigenvalue weighted by Gasteiger charge is 2.25. The summed E-state index contributed by atoms with van der Waals surface area (Å²) in [6.45, 7) is 7.02. The zero-order chi connectivity index (χ0) is 15.5. The molecule has 0 bridgehead atoms. The number of carbonyl (C=O) groups excluding carboxylic acids is 1. The van der Waals surface area contributed by atoms with Crippen molar-refractivity contribution >= 4 is 23.2 Å². The topological polar surface area (TPSA) is 62.2 Å². The van der Waals surface area contributed by atoms with Crippen LogP contribution < -0.4 is 4.90 Å². The average molecular weight is 317 g/mol. The fourth-order valence-electron chi connectivity index (χ4n) is 2.38. The first-order valence-corrected chi connectivity index (χ1v) is 8.30. The Morgan fingerprint density at radius 2 is 1.86 bits per heavy atom. The van der Waals surface area contributed by atoms with Crippen molar-refractivity contribution in [1.29, 1.82) is 0 Å². The van der Waals surface area contributed by atoms with Gasteiger partial charge in [0, 0.05) is 49.9 Å². The maximum absolute atomic E-state index is 12.5. The maximum atomic E-state index is 12.5. The molecule has 2 aromatic heterocycles. The van der Waals surface area contributed by atoms with E-state index in [9.17, 15) is 4.79 Å². The number of hydrogen-bond donors (Lipinski definition) is 0. The van der Waals surface area contributed by atoms with Crippen LogP contribution in [0.5, 0.6) is 0 Å². The minimum absolute atomic E-state index is 0.0248. The summed E-state index contributed by atoms with van der Waals surface area (Å²) < 4.78 is 0. The first-order valence-electron chi connectivity index (χ1n) is 7.42.